The molecule has 0 bridgehead atoms. The molecule has 2 rings (SSSR count). The smallest absolute Gasteiger partial charge is 0.250 e. The Morgan fingerprint density at radius 3 is 2.79 bits per heavy atom. The quantitative estimate of drug-likeness (QED) is 0.820. The van der Waals surface area contributed by atoms with E-state index in [1.165, 1.54) is 12.8 Å². The summed E-state index contributed by atoms with van der Waals surface area (Å²) < 4.78 is 5.67. The molecule has 0 heterocycles. The number of nitrogen functional groups attached to an aromatic ring is 1. The monoisotopic (exact) mass is 262 g/mol. The van der Waals surface area contributed by atoms with E-state index in [4.69, 9.17) is 10.5 Å². The summed E-state index contributed by atoms with van der Waals surface area (Å²) in [6.45, 7) is 2.37. The Morgan fingerprint density at radius 2 is 2.11 bits per heavy atom. The van der Waals surface area contributed by atoms with E-state index in [-0.39, 0.29) is 18.6 Å². The maximum atomic E-state index is 11.8. The van der Waals surface area contributed by atoms with Crippen molar-refractivity contribution in [1.29, 1.82) is 0 Å². The number of anilines is 2. The van der Waals surface area contributed by atoms with Gasteiger partial charge in [-0.3, -0.25) is 4.79 Å². The zero-order valence-electron chi connectivity index (χ0n) is 11.4. The summed E-state index contributed by atoms with van der Waals surface area (Å²) in [6.07, 6.45) is 4.85. The van der Waals surface area contributed by atoms with Crippen molar-refractivity contribution in [2.75, 3.05) is 17.7 Å². The van der Waals surface area contributed by atoms with E-state index >= 15 is 0 Å². The minimum Gasteiger partial charge on any atom is -0.399 e. The third-order valence-corrected chi connectivity index (χ3v) is 3.53. The number of ether oxygens (including phenoxy) is 1. The Balaban J connectivity index is 1.73. The van der Waals surface area contributed by atoms with E-state index in [0.29, 0.717) is 11.6 Å². The van der Waals surface area contributed by atoms with Gasteiger partial charge in [-0.15, -0.1) is 0 Å². The molecule has 1 amide bonds. The first-order valence-electron chi connectivity index (χ1n) is 6.90. The number of amides is 1. The maximum Gasteiger partial charge on any atom is 0.250 e. The van der Waals surface area contributed by atoms with Crippen LogP contribution in [0.5, 0.6) is 0 Å². The van der Waals surface area contributed by atoms with E-state index in [1.54, 1.807) is 24.3 Å². The van der Waals surface area contributed by atoms with Gasteiger partial charge in [0.2, 0.25) is 5.91 Å². The second-order valence-corrected chi connectivity index (χ2v) is 5.37. The largest absolute Gasteiger partial charge is 0.399 e. The molecule has 0 saturated heterocycles. The topological polar surface area (TPSA) is 64.3 Å². The fourth-order valence-electron chi connectivity index (χ4n) is 2.49. The minimum atomic E-state index is -0.108. The van der Waals surface area contributed by atoms with Gasteiger partial charge in [0.15, 0.2) is 0 Å². The van der Waals surface area contributed by atoms with Gasteiger partial charge in [-0.2, -0.15) is 0 Å². The first-order valence-corrected chi connectivity index (χ1v) is 6.90. The number of carbonyl (C=O) groups excluding carboxylic acids is 1. The van der Waals surface area contributed by atoms with Crippen molar-refractivity contribution in [3.63, 3.8) is 0 Å². The highest BCUT2D eigenvalue weighted by Crippen LogP contribution is 2.25. The molecule has 0 radical (unpaired) electrons. The van der Waals surface area contributed by atoms with Crippen LogP contribution in [-0.4, -0.2) is 18.6 Å². The Hall–Kier alpha value is -1.55. The second-order valence-electron chi connectivity index (χ2n) is 5.37. The van der Waals surface area contributed by atoms with Gasteiger partial charge in [0.05, 0.1) is 6.10 Å². The Morgan fingerprint density at radius 1 is 1.37 bits per heavy atom. The van der Waals surface area contributed by atoms with E-state index in [1.807, 2.05) is 0 Å². The summed E-state index contributed by atoms with van der Waals surface area (Å²) in [5.74, 6) is 0.599. The highest BCUT2D eigenvalue weighted by atomic mass is 16.5. The van der Waals surface area contributed by atoms with Crippen LogP contribution in [0.15, 0.2) is 24.3 Å². The highest BCUT2D eigenvalue weighted by Gasteiger charge is 2.20. The van der Waals surface area contributed by atoms with Gasteiger partial charge in [0.1, 0.15) is 6.61 Å². The molecular formula is C15H22N2O2. The molecule has 0 spiro atoms. The van der Waals surface area contributed by atoms with Crippen molar-refractivity contribution in [3.05, 3.63) is 24.3 Å². The number of hydrogen-bond acceptors (Lipinski definition) is 3. The molecule has 1 aromatic rings. The molecule has 2 unspecified atom stereocenters. The second kappa shape index (κ2) is 6.57. The molecule has 4 heteroatoms. The lowest BCUT2D eigenvalue weighted by molar-refractivity contribution is -0.123. The van der Waals surface area contributed by atoms with Crippen LogP contribution in [0.1, 0.15) is 32.6 Å². The predicted molar refractivity (Wildman–Crippen MR) is 76.9 cm³/mol. The Labute approximate surface area is 114 Å². The molecule has 2 atom stereocenters. The van der Waals surface area contributed by atoms with E-state index < -0.39 is 0 Å². The fraction of sp³-hybridized carbons (Fsp3) is 0.533. The van der Waals surface area contributed by atoms with Gasteiger partial charge in [-0.25, -0.2) is 0 Å². The van der Waals surface area contributed by atoms with Crippen LogP contribution in [0.3, 0.4) is 0 Å². The number of carbonyl (C=O) groups is 1. The molecular weight excluding hydrogens is 240 g/mol. The summed E-state index contributed by atoms with van der Waals surface area (Å²) in [7, 11) is 0. The number of nitrogens with two attached hydrogens (primary N) is 1. The van der Waals surface area contributed by atoms with Gasteiger partial charge in [0, 0.05) is 11.4 Å². The molecule has 0 aliphatic heterocycles. The third kappa shape index (κ3) is 4.56. The van der Waals surface area contributed by atoms with Gasteiger partial charge >= 0.3 is 0 Å². The molecule has 3 N–H and O–H groups in total. The van der Waals surface area contributed by atoms with Gasteiger partial charge in [-0.05, 0) is 43.0 Å². The lowest BCUT2D eigenvalue weighted by atomic mass is 9.89. The summed E-state index contributed by atoms with van der Waals surface area (Å²) in [5.41, 5.74) is 7.02. The van der Waals surface area contributed by atoms with Crippen molar-refractivity contribution in [2.24, 2.45) is 5.92 Å². The molecule has 4 nitrogen and oxygen atoms in total. The number of hydrogen-bond donors (Lipinski definition) is 2. The SMILES string of the molecule is CC1CCCC(OCC(=O)Nc2ccc(N)cc2)C1. The van der Waals surface area contributed by atoms with Crippen molar-refractivity contribution < 1.29 is 9.53 Å². The van der Waals surface area contributed by atoms with Crippen LogP contribution in [0.4, 0.5) is 11.4 Å². The summed E-state index contributed by atoms with van der Waals surface area (Å²) in [4.78, 5) is 11.8. The molecule has 104 valence electrons. The number of rotatable bonds is 4. The summed E-state index contributed by atoms with van der Waals surface area (Å²) in [6, 6.07) is 7.10. The Kier molecular flexibility index (Phi) is 4.80. The summed E-state index contributed by atoms with van der Waals surface area (Å²) >= 11 is 0. The fourth-order valence-corrected chi connectivity index (χ4v) is 2.49. The average molecular weight is 262 g/mol. The maximum absolute atomic E-state index is 11.8. The van der Waals surface area contributed by atoms with Gasteiger partial charge < -0.3 is 15.8 Å². The van der Waals surface area contributed by atoms with Crippen LogP contribution >= 0.6 is 0 Å². The number of benzene rings is 1. The van der Waals surface area contributed by atoms with Crippen LogP contribution in [-0.2, 0) is 9.53 Å². The van der Waals surface area contributed by atoms with Crippen LogP contribution in [0.2, 0.25) is 0 Å². The lowest BCUT2D eigenvalue weighted by Crippen LogP contribution is -2.26. The molecule has 19 heavy (non-hydrogen) atoms. The molecule has 0 aromatic heterocycles. The zero-order chi connectivity index (χ0) is 13.7. The standard InChI is InChI=1S/C15H22N2O2/c1-11-3-2-4-14(9-11)19-10-15(18)17-13-7-5-12(16)6-8-13/h5-8,11,14H,2-4,9-10,16H2,1H3,(H,17,18). The molecule has 1 fully saturated rings. The molecule has 1 aliphatic rings. The van der Waals surface area contributed by atoms with Gasteiger partial charge in [0.25, 0.3) is 0 Å². The molecule has 1 aliphatic carbocycles. The zero-order valence-corrected chi connectivity index (χ0v) is 11.4. The van der Waals surface area contributed by atoms with Crippen molar-refractivity contribution in [2.45, 2.75) is 38.7 Å². The highest BCUT2D eigenvalue weighted by molar-refractivity contribution is 5.91. The lowest BCUT2D eigenvalue weighted by Gasteiger charge is -2.26. The molecule has 1 saturated carbocycles. The third-order valence-electron chi connectivity index (χ3n) is 3.53. The minimum absolute atomic E-state index is 0.108. The normalized spacial score (nSPS) is 23.0. The predicted octanol–water partition coefficient (Wildman–Crippen LogP) is 2.80. The van der Waals surface area contributed by atoms with Gasteiger partial charge in [-0.1, -0.05) is 19.8 Å². The summed E-state index contributed by atoms with van der Waals surface area (Å²) in [5, 5.41) is 2.80. The van der Waals surface area contributed by atoms with Crippen LogP contribution in [0.25, 0.3) is 0 Å². The van der Waals surface area contributed by atoms with E-state index in [9.17, 15) is 4.79 Å². The van der Waals surface area contributed by atoms with E-state index in [0.717, 1.165) is 18.5 Å². The van der Waals surface area contributed by atoms with Crippen molar-refractivity contribution >= 4 is 17.3 Å². The number of nitrogens with one attached hydrogen (secondary N) is 1. The van der Waals surface area contributed by atoms with Crippen LogP contribution < -0.4 is 11.1 Å². The van der Waals surface area contributed by atoms with Crippen molar-refractivity contribution in [1.82, 2.24) is 0 Å². The Bertz CT molecular complexity index is 417. The van der Waals surface area contributed by atoms with E-state index in [2.05, 4.69) is 12.2 Å². The first-order chi connectivity index (χ1) is 9.13. The molecule has 1 aromatic carbocycles. The average Bonchev–Trinajstić information content (AvgIpc) is 2.39. The van der Waals surface area contributed by atoms with Crippen molar-refractivity contribution in [3.8, 4) is 0 Å². The van der Waals surface area contributed by atoms with Crippen LogP contribution in [0, 0.1) is 5.92 Å². The first kappa shape index (κ1) is 13.9.